The molecule has 0 aliphatic rings. The first-order valence-corrected chi connectivity index (χ1v) is 8.88. The first-order chi connectivity index (χ1) is 13.2. The van der Waals surface area contributed by atoms with Crippen molar-refractivity contribution in [1.29, 1.82) is 0 Å². The van der Waals surface area contributed by atoms with Crippen LogP contribution in [0.3, 0.4) is 0 Å². The van der Waals surface area contributed by atoms with Gasteiger partial charge in [0.05, 0.1) is 13.3 Å². The Morgan fingerprint density at radius 2 is 1.70 bits per heavy atom. The molecule has 0 radical (unpaired) electrons. The van der Waals surface area contributed by atoms with Gasteiger partial charge in [0.1, 0.15) is 17.6 Å². The lowest BCUT2D eigenvalue weighted by Gasteiger charge is -2.24. The molecule has 2 heterocycles. The average Bonchev–Trinajstić information content (AvgIpc) is 3.16. The number of ether oxygens (including phenoxy) is 1. The van der Waals surface area contributed by atoms with Gasteiger partial charge in [-0.2, -0.15) is 4.98 Å². The zero-order chi connectivity index (χ0) is 18.6. The van der Waals surface area contributed by atoms with Crippen molar-refractivity contribution >= 4 is 22.9 Å². The first-order valence-electron chi connectivity index (χ1n) is 8.50. The van der Waals surface area contributed by atoms with E-state index in [2.05, 4.69) is 32.1 Å². The Bertz CT molecular complexity index is 1030. The minimum atomic E-state index is 0.184. The average molecular weight is 380 g/mol. The zero-order valence-electron chi connectivity index (χ0n) is 14.8. The number of rotatable bonds is 6. The summed E-state index contributed by atoms with van der Waals surface area (Å²) >= 11 is 6.16. The summed E-state index contributed by atoms with van der Waals surface area (Å²) in [6.07, 6.45) is 3.37. The quantitative estimate of drug-likeness (QED) is 0.507. The third-order valence-electron chi connectivity index (χ3n) is 4.29. The number of benzene rings is 2. The molecule has 0 N–H and O–H groups in total. The molecule has 0 unspecified atom stereocenters. The minimum Gasteiger partial charge on any atom is -0.497 e. The molecule has 2 aromatic heterocycles. The number of nitrogens with zero attached hydrogens (tertiary/aromatic N) is 5. The van der Waals surface area contributed by atoms with Crippen LogP contribution in [0.4, 0.5) is 5.82 Å². The number of anilines is 1. The zero-order valence-corrected chi connectivity index (χ0v) is 15.5. The van der Waals surface area contributed by atoms with E-state index in [1.54, 1.807) is 24.1 Å². The van der Waals surface area contributed by atoms with Crippen LogP contribution in [0.2, 0.25) is 5.28 Å². The van der Waals surface area contributed by atoms with Gasteiger partial charge < -0.3 is 9.64 Å². The van der Waals surface area contributed by atoms with Gasteiger partial charge in [0.15, 0.2) is 5.82 Å². The van der Waals surface area contributed by atoms with Crippen LogP contribution < -0.4 is 9.64 Å². The lowest BCUT2D eigenvalue weighted by molar-refractivity contribution is 0.414. The molecular formula is C20H18ClN5O. The molecule has 136 valence electrons. The topological polar surface area (TPSA) is 55.5 Å². The second-order valence-corrected chi connectivity index (χ2v) is 6.46. The van der Waals surface area contributed by atoms with Gasteiger partial charge >= 0.3 is 0 Å². The number of fused-ring (bicyclic) bond motifs is 1. The fourth-order valence-corrected chi connectivity index (χ4v) is 3.14. The Morgan fingerprint density at radius 3 is 2.41 bits per heavy atom. The molecule has 0 bridgehead atoms. The Labute approximate surface area is 162 Å². The van der Waals surface area contributed by atoms with Crippen LogP contribution in [0.15, 0.2) is 67.1 Å². The van der Waals surface area contributed by atoms with E-state index >= 15 is 0 Å². The van der Waals surface area contributed by atoms with E-state index in [4.69, 9.17) is 16.3 Å². The highest BCUT2D eigenvalue weighted by Crippen LogP contribution is 2.24. The first kappa shape index (κ1) is 17.3. The summed E-state index contributed by atoms with van der Waals surface area (Å²) in [5.41, 5.74) is 3.13. The normalized spacial score (nSPS) is 10.9. The summed E-state index contributed by atoms with van der Waals surface area (Å²) in [4.78, 5) is 10.8. The predicted molar refractivity (Wildman–Crippen MR) is 105 cm³/mol. The standard InChI is InChI=1S/C20H18ClN5O/c1-27-17-9-7-16(8-10-17)13-25(12-15-5-3-2-4-6-15)19-18-11-22-14-26(18)24-20(21)23-19/h2-11,14H,12-13H2,1H3. The van der Waals surface area contributed by atoms with Crippen molar-refractivity contribution in [3.05, 3.63) is 83.5 Å². The van der Waals surface area contributed by atoms with Gasteiger partial charge in [-0.25, -0.2) is 9.50 Å². The smallest absolute Gasteiger partial charge is 0.243 e. The molecule has 4 rings (SSSR count). The van der Waals surface area contributed by atoms with Gasteiger partial charge in [0, 0.05) is 13.1 Å². The van der Waals surface area contributed by atoms with E-state index in [1.807, 2.05) is 42.5 Å². The highest BCUT2D eigenvalue weighted by Gasteiger charge is 2.16. The molecule has 4 aromatic rings. The maximum Gasteiger partial charge on any atom is 0.243 e. The fraction of sp³-hybridized carbons (Fsp3) is 0.150. The third-order valence-corrected chi connectivity index (χ3v) is 4.45. The SMILES string of the molecule is COc1ccc(CN(Cc2ccccc2)c2nc(Cl)nn3cncc23)cc1. The van der Waals surface area contributed by atoms with Crippen molar-refractivity contribution in [3.63, 3.8) is 0 Å². The highest BCUT2D eigenvalue weighted by atomic mass is 35.5. The van der Waals surface area contributed by atoms with Gasteiger partial charge in [-0.1, -0.05) is 42.5 Å². The number of hydrogen-bond donors (Lipinski definition) is 0. The molecule has 0 aliphatic carbocycles. The maximum absolute atomic E-state index is 6.16. The Balaban J connectivity index is 1.73. The third kappa shape index (κ3) is 3.85. The van der Waals surface area contributed by atoms with E-state index in [-0.39, 0.29) is 5.28 Å². The summed E-state index contributed by atoms with van der Waals surface area (Å²) in [5, 5.41) is 4.36. The largest absolute Gasteiger partial charge is 0.497 e. The number of aromatic nitrogens is 4. The van der Waals surface area contributed by atoms with E-state index in [1.165, 1.54) is 5.56 Å². The summed E-state index contributed by atoms with van der Waals surface area (Å²) in [6, 6.07) is 18.3. The van der Waals surface area contributed by atoms with Crippen molar-refractivity contribution in [3.8, 4) is 5.75 Å². The molecule has 0 saturated heterocycles. The van der Waals surface area contributed by atoms with Crippen LogP contribution >= 0.6 is 11.6 Å². The number of hydrogen-bond acceptors (Lipinski definition) is 5. The summed E-state index contributed by atoms with van der Waals surface area (Å²) in [5.74, 6) is 1.57. The number of halogens is 1. The van der Waals surface area contributed by atoms with Gasteiger partial charge in [-0.05, 0) is 34.9 Å². The Hall–Kier alpha value is -3.12. The molecular weight excluding hydrogens is 362 g/mol. The van der Waals surface area contributed by atoms with Crippen LogP contribution in [0, 0.1) is 0 Å². The molecule has 6 nitrogen and oxygen atoms in total. The Kier molecular flexibility index (Phi) is 4.89. The molecule has 0 fully saturated rings. The second-order valence-electron chi connectivity index (χ2n) is 6.12. The summed E-state index contributed by atoms with van der Waals surface area (Å²) in [6.45, 7) is 1.34. The van der Waals surface area contributed by atoms with Crippen molar-refractivity contribution in [2.75, 3.05) is 12.0 Å². The van der Waals surface area contributed by atoms with Gasteiger partial charge in [0.25, 0.3) is 0 Å². The molecule has 0 saturated carbocycles. The number of imidazole rings is 1. The minimum absolute atomic E-state index is 0.184. The van der Waals surface area contributed by atoms with Crippen LogP contribution in [0.25, 0.3) is 5.52 Å². The van der Waals surface area contributed by atoms with Crippen molar-refractivity contribution in [2.24, 2.45) is 0 Å². The van der Waals surface area contributed by atoms with Crippen LogP contribution in [-0.2, 0) is 13.1 Å². The number of methoxy groups -OCH3 is 1. The van der Waals surface area contributed by atoms with Crippen LogP contribution in [-0.4, -0.2) is 26.7 Å². The molecule has 0 amide bonds. The van der Waals surface area contributed by atoms with E-state index in [9.17, 15) is 0 Å². The highest BCUT2D eigenvalue weighted by molar-refractivity contribution is 6.28. The molecule has 7 heteroatoms. The molecule has 0 aliphatic heterocycles. The van der Waals surface area contributed by atoms with Gasteiger partial charge in [-0.15, -0.1) is 5.10 Å². The van der Waals surface area contributed by atoms with E-state index in [0.717, 1.165) is 22.6 Å². The lowest BCUT2D eigenvalue weighted by Crippen LogP contribution is -2.24. The van der Waals surface area contributed by atoms with Crippen molar-refractivity contribution in [1.82, 2.24) is 19.6 Å². The van der Waals surface area contributed by atoms with Crippen LogP contribution in [0.1, 0.15) is 11.1 Å². The van der Waals surface area contributed by atoms with Crippen LogP contribution in [0.5, 0.6) is 5.75 Å². The van der Waals surface area contributed by atoms with Crippen molar-refractivity contribution in [2.45, 2.75) is 13.1 Å². The van der Waals surface area contributed by atoms with E-state index in [0.29, 0.717) is 13.1 Å². The molecule has 27 heavy (non-hydrogen) atoms. The predicted octanol–water partition coefficient (Wildman–Crippen LogP) is 3.99. The molecule has 2 aromatic carbocycles. The van der Waals surface area contributed by atoms with Gasteiger partial charge in [0.2, 0.25) is 5.28 Å². The monoisotopic (exact) mass is 379 g/mol. The summed E-state index contributed by atoms with van der Waals surface area (Å²) < 4.78 is 6.90. The van der Waals surface area contributed by atoms with E-state index < -0.39 is 0 Å². The Morgan fingerprint density at radius 1 is 1.00 bits per heavy atom. The molecule has 0 spiro atoms. The summed E-state index contributed by atoms with van der Waals surface area (Å²) in [7, 11) is 1.66. The lowest BCUT2D eigenvalue weighted by atomic mass is 10.1. The maximum atomic E-state index is 6.16. The second kappa shape index (κ2) is 7.63. The van der Waals surface area contributed by atoms with Crippen molar-refractivity contribution < 1.29 is 4.74 Å². The fourth-order valence-electron chi connectivity index (χ4n) is 2.98. The molecule has 0 atom stereocenters. The van der Waals surface area contributed by atoms with Gasteiger partial charge in [-0.3, -0.25) is 0 Å².